The maximum absolute atomic E-state index is 12.7. The molecule has 3 aromatic carbocycles. The van der Waals surface area contributed by atoms with Crippen LogP contribution >= 0.6 is 0 Å². The fourth-order valence-corrected chi connectivity index (χ4v) is 3.62. The average molecular weight is 400 g/mol. The first-order valence-corrected chi connectivity index (χ1v) is 9.76. The van der Waals surface area contributed by atoms with E-state index in [0.29, 0.717) is 41.9 Å². The second-order valence-electron chi connectivity index (χ2n) is 7.34. The second kappa shape index (κ2) is 7.22. The van der Waals surface area contributed by atoms with Crippen LogP contribution in [0.4, 0.5) is 5.69 Å². The Balaban J connectivity index is 1.41. The van der Waals surface area contributed by atoms with Gasteiger partial charge in [-0.25, -0.2) is 4.98 Å². The van der Waals surface area contributed by atoms with Crippen molar-refractivity contribution in [3.63, 3.8) is 0 Å². The van der Waals surface area contributed by atoms with E-state index < -0.39 is 0 Å². The van der Waals surface area contributed by atoms with E-state index in [-0.39, 0.29) is 5.91 Å². The Morgan fingerprint density at radius 3 is 2.67 bits per heavy atom. The summed E-state index contributed by atoms with van der Waals surface area (Å²) in [6, 6.07) is 16.7. The molecule has 0 spiro atoms. The lowest BCUT2D eigenvalue weighted by molar-refractivity contribution is 0.102. The Morgan fingerprint density at radius 1 is 0.967 bits per heavy atom. The zero-order valence-corrected chi connectivity index (χ0v) is 16.7. The number of oxazole rings is 1. The van der Waals surface area contributed by atoms with Crippen LogP contribution in [0.1, 0.15) is 21.5 Å². The third-order valence-corrected chi connectivity index (χ3v) is 4.99. The van der Waals surface area contributed by atoms with E-state index in [0.717, 1.165) is 27.8 Å². The molecule has 1 aliphatic heterocycles. The monoisotopic (exact) mass is 400 g/mol. The van der Waals surface area contributed by atoms with Crippen LogP contribution in [0.5, 0.6) is 11.5 Å². The number of nitrogens with one attached hydrogen (secondary N) is 1. The molecule has 0 atom stereocenters. The van der Waals surface area contributed by atoms with Crippen LogP contribution < -0.4 is 14.8 Å². The number of aromatic nitrogens is 1. The molecule has 5 rings (SSSR count). The summed E-state index contributed by atoms with van der Waals surface area (Å²) in [5.74, 6) is 1.53. The third-order valence-electron chi connectivity index (χ3n) is 4.99. The van der Waals surface area contributed by atoms with Crippen molar-refractivity contribution in [3.05, 3.63) is 71.3 Å². The Bertz CT molecular complexity index is 1280. The van der Waals surface area contributed by atoms with Gasteiger partial charge in [0.15, 0.2) is 17.1 Å². The molecule has 1 aliphatic rings. The molecule has 6 heteroatoms. The van der Waals surface area contributed by atoms with Crippen molar-refractivity contribution in [3.8, 4) is 23.0 Å². The lowest BCUT2D eigenvalue weighted by atomic mass is 10.1. The van der Waals surface area contributed by atoms with Gasteiger partial charge in [-0.1, -0.05) is 12.1 Å². The van der Waals surface area contributed by atoms with E-state index in [1.165, 1.54) is 0 Å². The minimum Gasteiger partial charge on any atom is -0.486 e. The van der Waals surface area contributed by atoms with Crippen LogP contribution in [-0.4, -0.2) is 24.1 Å². The maximum atomic E-state index is 12.7. The first-order valence-electron chi connectivity index (χ1n) is 9.76. The minimum absolute atomic E-state index is 0.229. The van der Waals surface area contributed by atoms with Gasteiger partial charge in [0.1, 0.15) is 18.7 Å². The quantitative estimate of drug-likeness (QED) is 0.516. The van der Waals surface area contributed by atoms with Crippen molar-refractivity contribution in [2.24, 2.45) is 0 Å². The van der Waals surface area contributed by atoms with Crippen LogP contribution in [0.2, 0.25) is 0 Å². The molecule has 2 heterocycles. The van der Waals surface area contributed by atoms with Crippen LogP contribution in [0, 0.1) is 13.8 Å². The molecule has 1 amide bonds. The van der Waals surface area contributed by atoms with E-state index >= 15 is 0 Å². The number of hydrogen-bond acceptors (Lipinski definition) is 5. The van der Waals surface area contributed by atoms with Gasteiger partial charge in [-0.05, 0) is 67.4 Å². The first-order chi connectivity index (χ1) is 14.6. The van der Waals surface area contributed by atoms with Crippen molar-refractivity contribution >= 4 is 22.7 Å². The summed E-state index contributed by atoms with van der Waals surface area (Å²) in [6.07, 6.45) is 0. The Labute approximate surface area is 173 Å². The molecule has 150 valence electrons. The predicted octanol–water partition coefficient (Wildman–Crippen LogP) is 5.14. The third kappa shape index (κ3) is 3.37. The van der Waals surface area contributed by atoms with Crippen LogP contribution in [0.25, 0.3) is 22.6 Å². The number of carbonyl (C=O) groups is 1. The Hall–Kier alpha value is -3.80. The molecular weight excluding hydrogens is 380 g/mol. The van der Waals surface area contributed by atoms with E-state index in [1.807, 2.05) is 44.2 Å². The number of ether oxygens (including phenoxy) is 2. The molecule has 0 fully saturated rings. The molecular formula is C24H20N2O4. The van der Waals surface area contributed by atoms with E-state index in [2.05, 4.69) is 16.4 Å². The van der Waals surface area contributed by atoms with Crippen molar-refractivity contribution < 1.29 is 18.7 Å². The largest absolute Gasteiger partial charge is 0.486 e. The number of anilines is 1. The zero-order valence-electron chi connectivity index (χ0n) is 16.7. The molecule has 6 nitrogen and oxygen atoms in total. The highest BCUT2D eigenvalue weighted by molar-refractivity contribution is 6.05. The molecule has 0 unspecified atom stereocenters. The smallest absolute Gasteiger partial charge is 0.255 e. The number of carbonyl (C=O) groups excluding carboxylic acids is 1. The van der Waals surface area contributed by atoms with Gasteiger partial charge in [0.25, 0.3) is 5.91 Å². The average Bonchev–Trinajstić information content (AvgIpc) is 3.18. The number of benzene rings is 3. The molecule has 0 saturated heterocycles. The van der Waals surface area contributed by atoms with Gasteiger partial charge in [0.2, 0.25) is 5.89 Å². The van der Waals surface area contributed by atoms with Gasteiger partial charge >= 0.3 is 0 Å². The first kappa shape index (κ1) is 18.2. The van der Waals surface area contributed by atoms with Crippen LogP contribution in [-0.2, 0) is 0 Å². The van der Waals surface area contributed by atoms with Gasteiger partial charge in [-0.2, -0.15) is 0 Å². The molecule has 4 aromatic rings. The summed E-state index contributed by atoms with van der Waals surface area (Å²) in [4.78, 5) is 17.3. The SMILES string of the molecule is Cc1cc(C)c2oc(-c3cccc(NC(=O)c4ccc5c(c4)OCCO5)c3)nc2c1. The maximum Gasteiger partial charge on any atom is 0.255 e. The molecule has 0 radical (unpaired) electrons. The van der Waals surface area contributed by atoms with E-state index in [1.54, 1.807) is 18.2 Å². The highest BCUT2D eigenvalue weighted by atomic mass is 16.6. The number of rotatable bonds is 3. The lowest BCUT2D eigenvalue weighted by Gasteiger charge is -2.18. The topological polar surface area (TPSA) is 73.6 Å². The summed E-state index contributed by atoms with van der Waals surface area (Å²) in [7, 11) is 0. The van der Waals surface area contributed by atoms with Crippen molar-refractivity contribution in [2.45, 2.75) is 13.8 Å². The zero-order chi connectivity index (χ0) is 20.7. The van der Waals surface area contributed by atoms with Gasteiger partial charge in [-0.15, -0.1) is 0 Å². The van der Waals surface area contributed by atoms with E-state index in [4.69, 9.17) is 13.9 Å². The molecule has 1 aromatic heterocycles. The second-order valence-corrected chi connectivity index (χ2v) is 7.34. The molecule has 30 heavy (non-hydrogen) atoms. The molecule has 0 bridgehead atoms. The summed E-state index contributed by atoms with van der Waals surface area (Å²) in [5, 5.41) is 2.92. The van der Waals surface area contributed by atoms with Gasteiger partial charge in [0.05, 0.1) is 0 Å². The predicted molar refractivity (Wildman–Crippen MR) is 114 cm³/mol. The fourth-order valence-electron chi connectivity index (χ4n) is 3.62. The summed E-state index contributed by atoms with van der Waals surface area (Å²) >= 11 is 0. The highest BCUT2D eigenvalue weighted by Gasteiger charge is 2.16. The normalized spacial score (nSPS) is 12.7. The summed E-state index contributed by atoms with van der Waals surface area (Å²) < 4.78 is 17.1. The standard InChI is InChI=1S/C24H20N2O4/c1-14-10-15(2)22-19(11-14)26-24(30-22)17-4-3-5-18(12-17)25-23(27)16-6-7-20-21(13-16)29-9-8-28-20/h3-7,10-13H,8-9H2,1-2H3,(H,25,27). The molecule has 0 aliphatic carbocycles. The van der Waals surface area contributed by atoms with Crippen molar-refractivity contribution in [1.82, 2.24) is 4.98 Å². The molecule has 0 saturated carbocycles. The summed E-state index contributed by atoms with van der Waals surface area (Å²) in [5.41, 5.74) is 5.74. The number of nitrogens with zero attached hydrogens (tertiary/aromatic N) is 1. The van der Waals surface area contributed by atoms with Gasteiger partial charge in [-0.3, -0.25) is 4.79 Å². The highest BCUT2D eigenvalue weighted by Crippen LogP contribution is 2.32. The van der Waals surface area contributed by atoms with Crippen LogP contribution in [0.3, 0.4) is 0 Å². The fraction of sp³-hybridized carbons (Fsp3) is 0.167. The number of aryl methyl sites for hydroxylation is 2. The van der Waals surface area contributed by atoms with Crippen molar-refractivity contribution in [1.29, 1.82) is 0 Å². The Morgan fingerprint density at radius 2 is 1.80 bits per heavy atom. The van der Waals surface area contributed by atoms with E-state index in [9.17, 15) is 4.79 Å². The van der Waals surface area contributed by atoms with Crippen LogP contribution in [0.15, 0.2) is 59.0 Å². The Kier molecular flexibility index (Phi) is 4.39. The van der Waals surface area contributed by atoms with Gasteiger partial charge in [0, 0.05) is 16.8 Å². The van der Waals surface area contributed by atoms with Gasteiger partial charge < -0.3 is 19.2 Å². The number of amides is 1. The number of hydrogen-bond donors (Lipinski definition) is 1. The lowest BCUT2D eigenvalue weighted by Crippen LogP contribution is -2.17. The number of fused-ring (bicyclic) bond motifs is 2. The minimum atomic E-state index is -0.229. The molecule has 1 N–H and O–H groups in total. The van der Waals surface area contributed by atoms with Crippen molar-refractivity contribution in [2.75, 3.05) is 18.5 Å². The summed E-state index contributed by atoms with van der Waals surface area (Å²) in [6.45, 7) is 5.03.